The summed E-state index contributed by atoms with van der Waals surface area (Å²) in [4.78, 5) is 16.7. The summed E-state index contributed by atoms with van der Waals surface area (Å²) < 4.78 is 5.81. The van der Waals surface area contributed by atoms with Crippen molar-refractivity contribution < 1.29 is 9.53 Å². The van der Waals surface area contributed by atoms with Gasteiger partial charge in [-0.2, -0.15) is 0 Å². The second-order valence-electron chi connectivity index (χ2n) is 7.46. The number of rotatable bonds is 3. The van der Waals surface area contributed by atoms with Crippen LogP contribution in [0, 0.1) is 6.92 Å². The molecule has 1 aliphatic heterocycles. The fourth-order valence-corrected chi connectivity index (χ4v) is 3.95. The number of pyridine rings is 1. The van der Waals surface area contributed by atoms with Crippen LogP contribution in [0.2, 0.25) is 0 Å². The zero-order valence-electron chi connectivity index (χ0n) is 14.8. The van der Waals surface area contributed by atoms with Crippen LogP contribution < -0.4 is 5.32 Å². The summed E-state index contributed by atoms with van der Waals surface area (Å²) in [6.45, 7) is 4.03. The average Bonchev–Trinajstić information content (AvgIpc) is 2.89. The van der Waals surface area contributed by atoms with Gasteiger partial charge in [-0.15, -0.1) is 0 Å². The van der Waals surface area contributed by atoms with Crippen molar-refractivity contribution >= 4 is 11.8 Å². The van der Waals surface area contributed by atoms with Crippen LogP contribution in [0.15, 0.2) is 36.5 Å². The third-order valence-electron chi connectivity index (χ3n) is 5.40. The van der Waals surface area contributed by atoms with Crippen molar-refractivity contribution in [1.29, 1.82) is 0 Å². The van der Waals surface area contributed by atoms with E-state index in [1.54, 1.807) is 6.20 Å². The first-order valence-electron chi connectivity index (χ1n) is 9.08. The van der Waals surface area contributed by atoms with Crippen molar-refractivity contribution in [1.82, 2.24) is 4.98 Å². The monoisotopic (exact) mass is 336 g/mol. The predicted octanol–water partition coefficient (Wildman–Crippen LogP) is 3.91. The Morgan fingerprint density at radius 3 is 2.76 bits per heavy atom. The van der Waals surface area contributed by atoms with Crippen LogP contribution in [0.1, 0.15) is 48.4 Å². The van der Waals surface area contributed by atoms with Gasteiger partial charge in [0.1, 0.15) is 17.5 Å². The number of carbonyl (C=O) groups is 1. The van der Waals surface area contributed by atoms with Gasteiger partial charge in [-0.1, -0.05) is 18.2 Å². The number of nitrogens with one attached hydrogen (secondary N) is 1. The second kappa shape index (κ2) is 6.17. The maximum atomic E-state index is 12.4. The molecule has 0 spiro atoms. The van der Waals surface area contributed by atoms with E-state index in [2.05, 4.69) is 28.5 Å². The van der Waals surface area contributed by atoms with E-state index in [0.717, 1.165) is 29.8 Å². The maximum absolute atomic E-state index is 12.4. The Kier molecular flexibility index (Phi) is 3.98. The lowest BCUT2D eigenvalue weighted by molar-refractivity contribution is -0.148. The van der Waals surface area contributed by atoms with E-state index in [4.69, 9.17) is 4.74 Å². The van der Waals surface area contributed by atoms with Crippen LogP contribution in [-0.2, 0) is 28.0 Å². The number of carbonyl (C=O) groups excluding carboxylic acids is 1. The highest BCUT2D eigenvalue weighted by Crippen LogP contribution is 2.39. The number of anilines is 1. The molecule has 2 aliphatic rings. The number of hydrogen-bond acceptors (Lipinski definition) is 4. The Hall–Kier alpha value is -2.36. The predicted molar refractivity (Wildman–Crippen MR) is 97.5 cm³/mol. The van der Waals surface area contributed by atoms with E-state index in [0.29, 0.717) is 6.42 Å². The minimum Gasteiger partial charge on any atom is -0.453 e. The number of fused-ring (bicyclic) bond motifs is 1. The van der Waals surface area contributed by atoms with E-state index < -0.39 is 5.60 Å². The van der Waals surface area contributed by atoms with Gasteiger partial charge in [0, 0.05) is 12.6 Å². The quantitative estimate of drug-likeness (QED) is 0.864. The summed E-state index contributed by atoms with van der Waals surface area (Å²) in [7, 11) is 0. The SMILES string of the molecule is Cc1ccnc(NC2CC(C)(c3ccc4c(c3)CCCC4)OC2=O)c1. The van der Waals surface area contributed by atoms with Gasteiger partial charge in [0.05, 0.1) is 0 Å². The Morgan fingerprint density at radius 1 is 1.16 bits per heavy atom. The molecule has 2 atom stereocenters. The maximum Gasteiger partial charge on any atom is 0.329 e. The lowest BCUT2D eigenvalue weighted by Crippen LogP contribution is -2.25. The van der Waals surface area contributed by atoms with E-state index in [1.807, 2.05) is 26.0 Å². The molecule has 0 amide bonds. The molecule has 1 saturated heterocycles. The summed E-state index contributed by atoms with van der Waals surface area (Å²) in [6.07, 6.45) is 7.17. The molecule has 0 saturated carbocycles. The van der Waals surface area contributed by atoms with E-state index in [-0.39, 0.29) is 12.0 Å². The van der Waals surface area contributed by atoms with Crippen molar-refractivity contribution in [3.8, 4) is 0 Å². The van der Waals surface area contributed by atoms with Gasteiger partial charge in [0.2, 0.25) is 0 Å². The van der Waals surface area contributed by atoms with Crippen molar-refractivity contribution in [2.24, 2.45) is 0 Å². The molecule has 1 aliphatic carbocycles. The third kappa shape index (κ3) is 3.13. The molecule has 1 aromatic carbocycles. The largest absolute Gasteiger partial charge is 0.453 e. The van der Waals surface area contributed by atoms with Gasteiger partial charge in [-0.3, -0.25) is 0 Å². The number of cyclic esters (lactones) is 1. The first-order valence-corrected chi connectivity index (χ1v) is 9.08. The van der Waals surface area contributed by atoms with Crippen LogP contribution in [0.25, 0.3) is 0 Å². The molecule has 2 unspecified atom stereocenters. The first kappa shape index (κ1) is 16.1. The molecule has 1 fully saturated rings. The Morgan fingerprint density at radius 2 is 1.96 bits per heavy atom. The van der Waals surface area contributed by atoms with Crippen molar-refractivity contribution in [3.63, 3.8) is 0 Å². The molecule has 1 aromatic heterocycles. The molecule has 4 heteroatoms. The molecule has 2 aromatic rings. The number of nitrogens with zero attached hydrogens (tertiary/aromatic N) is 1. The van der Waals surface area contributed by atoms with Gasteiger partial charge < -0.3 is 10.1 Å². The van der Waals surface area contributed by atoms with E-state index in [9.17, 15) is 4.79 Å². The van der Waals surface area contributed by atoms with Crippen LogP contribution in [-0.4, -0.2) is 17.0 Å². The third-order valence-corrected chi connectivity index (χ3v) is 5.40. The highest BCUT2D eigenvalue weighted by Gasteiger charge is 2.45. The lowest BCUT2D eigenvalue weighted by Gasteiger charge is -2.25. The molecular formula is C21H24N2O2. The Balaban J connectivity index is 1.56. The molecule has 0 radical (unpaired) electrons. The fraction of sp³-hybridized carbons (Fsp3) is 0.429. The standard InChI is InChI=1S/C21H24N2O2/c1-14-9-10-22-19(11-14)23-18-13-21(2,25-20(18)24)17-8-7-15-5-3-4-6-16(15)12-17/h7-12,18H,3-6,13H2,1-2H3,(H,22,23). The van der Waals surface area contributed by atoms with Gasteiger partial charge in [-0.25, -0.2) is 9.78 Å². The summed E-state index contributed by atoms with van der Waals surface area (Å²) in [5.41, 5.74) is 4.49. The minimum absolute atomic E-state index is 0.205. The number of aryl methyl sites for hydroxylation is 3. The molecule has 4 nitrogen and oxygen atoms in total. The molecule has 0 bridgehead atoms. The average molecular weight is 336 g/mol. The van der Waals surface area contributed by atoms with E-state index >= 15 is 0 Å². The molecule has 4 rings (SSSR count). The topological polar surface area (TPSA) is 51.2 Å². The van der Waals surface area contributed by atoms with Crippen LogP contribution >= 0.6 is 0 Å². The van der Waals surface area contributed by atoms with Gasteiger partial charge >= 0.3 is 5.97 Å². The molecule has 130 valence electrons. The minimum atomic E-state index is -0.578. The summed E-state index contributed by atoms with van der Waals surface area (Å²) >= 11 is 0. The second-order valence-corrected chi connectivity index (χ2v) is 7.46. The molecular weight excluding hydrogens is 312 g/mol. The van der Waals surface area contributed by atoms with Crippen molar-refractivity contribution in [2.45, 2.75) is 57.6 Å². The van der Waals surface area contributed by atoms with Crippen molar-refractivity contribution in [2.75, 3.05) is 5.32 Å². The molecule has 2 heterocycles. The van der Waals surface area contributed by atoms with Crippen molar-refractivity contribution in [3.05, 3.63) is 58.8 Å². The fourth-order valence-electron chi connectivity index (χ4n) is 3.95. The van der Waals surface area contributed by atoms with Gasteiger partial charge in [0.25, 0.3) is 0 Å². The molecule has 1 N–H and O–H groups in total. The zero-order chi connectivity index (χ0) is 17.4. The van der Waals surface area contributed by atoms with Crippen LogP contribution in [0.3, 0.4) is 0 Å². The van der Waals surface area contributed by atoms with Gasteiger partial charge in [0.15, 0.2) is 0 Å². The van der Waals surface area contributed by atoms with Crippen LogP contribution in [0.4, 0.5) is 5.82 Å². The summed E-state index contributed by atoms with van der Waals surface area (Å²) in [5, 5.41) is 3.23. The van der Waals surface area contributed by atoms with E-state index in [1.165, 1.54) is 24.0 Å². The highest BCUT2D eigenvalue weighted by molar-refractivity contribution is 5.82. The molecule has 25 heavy (non-hydrogen) atoms. The number of ether oxygens (including phenoxy) is 1. The highest BCUT2D eigenvalue weighted by atomic mass is 16.6. The first-order chi connectivity index (χ1) is 12.0. The number of aromatic nitrogens is 1. The zero-order valence-corrected chi connectivity index (χ0v) is 14.8. The smallest absolute Gasteiger partial charge is 0.329 e. The normalized spacial score (nSPS) is 25.4. The number of hydrogen-bond donors (Lipinski definition) is 1. The summed E-state index contributed by atoms with van der Waals surface area (Å²) in [5.74, 6) is 0.514. The van der Waals surface area contributed by atoms with Gasteiger partial charge in [-0.05, 0) is 73.9 Å². The lowest BCUT2D eigenvalue weighted by atomic mass is 9.85. The number of esters is 1. The Labute approximate surface area is 148 Å². The van der Waals surface area contributed by atoms with Crippen LogP contribution in [0.5, 0.6) is 0 Å². The Bertz CT molecular complexity index is 817. The summed E-state index contributed by atoms with van der Waals surface area (Å²) in [6, 6.07) is 10.1. The number of benzene rings is 1.